The molecule has 2 N–H and O–H groups in total. The molecule has 13 heavy (non-hydrogen) atoms. The molecule has 1 aromatic carbocycles. The van der Waals surface area contributed by atoms with Gasteiger partial charge >= 0.3 is 17.6 Å². The van der Waals surface area contributed by atoms with Gasteiger partial charge in [-0.3, -0.25) is 0 Å². The Bertz CT molecular complexity index is 411. The minimum absolute atomic E-state index is 0. The fraction of sp³-hybridized carbons (Fsp3) is 0.111. The van der Waals surface area contributed by atoms with E-state index in [0.717, 1.165) is 16.6 Å². The van der Waals surface area contributed by atoms with Gasteiger partial charge in [0.1, 0.15) is 5.82 Å². The third-order valence-electron chi connectivity index (χ3n) is 1.91. The molecule has 0 spiro atoms. The Morgan fingerprint density at radius 3 is 2.85 bits per heavy atom. The second-order valence-electron chi connectivity index (χ2n) is 2.64. The SMILES string of the molecule is CNc1c[nH]c2ccc(F)cc12.[GeH4]. The molecule has 2 aromatic rings. The van der Waals surface area contributed by atoms with Crippen molar-refractivity contribution >= 4 is 34.2 Å². The molecule has 1 aromatic heterocycles. The average Bonchev–Trinajstić information content (AvgIpc) is 2.46. The molecule has 0 saturated heterocycles. The van der Waals surface area contributed by atoms with E-state index >= 15 is 0 Å². The summed E-state index contributed by atoms with van der Waals surface area (Å²) in [5, 5.41) is 3.87. The maximum atomic E-state index is 12.8. The maximum absolute atomic E-state index is 12.8. The molecular formula is C9H13FGeN2. The molecule has 0 amide bonds. The molecule has 0 radical (unpaired) electrons. The summed E-state index contributed by atoms with van der Waals surface area (Å²) in [6, 6.07) is 4.68. The second kappa shape index (κ2) is 3.83. The van der Waals surface area contributed by atoms with Crippen LogP contribution in [0, 0.1) is 5.82 Å². The molecule has 1 heterocycles. The van der Waals surface area contributed by atoms with E-state index in [9.17, 15) is 4.39 Å². The zero-order valence-corrected chi connectivity index (χ0v) is 6.69. The van der Waals surface area contributed by atoms with Crippen LogP contribution >= 0.6 is 0 Å². The van der Waals surface area contributed by atoms with Crippen LogP contribution in [0.1, 0.15) is 0 Å². The zero-order valence-electron chi connectivity index (χ0n) is 6.69. The fourth-order valence-corrected chi connectivity index (χ4v) is 1.30. The Morgan fingerprint density at radius 2 is 2.15 bits per heavy atom. The summed E-state index contributed by atoms with van der Waals surface area (Å²) in [4.78, 5) is 3.04. The van der Waals surface area contributed by atoms with Crippen molar-refractivity contribution in [2.45, 2.75) is 0 Å². The number of H-pyrrole nitrogens is 1. The molecule has 0 bridgehead atoms. The molecule has 0 fully saturated rings. The number of hydrogen-bond acceptors (Lipinski definition) is 1. The molecule has 4 heteroatoms. The molecule has 70 valence electrons. The van der Waals surface area contributed by atoms with E-state index in [-0.39, 0.29) is 23.4 Å². The summed E-state index contributed by atoms with van der Waals surface area (Å²) in [7, 11) is 1.81. The first-order valence-electron chi connectivity index (χ1n) is 3.75. The van der Waals surface area contributed by atoms with E-state index < -0.39 is 0 Å². The predicted molar refractivity (Wildman–Crippen MR) is 59.1 cm³/mol. The first kappa shape index (κ1) is 10.1. The van der Waals surface area contributed by atoms with E-state index in [2.05, 4.69) is 10.3 Å². The third kappa shape index (κ3) is 1.70. The van der Waals surface area contributed by atoms with Gasteiger partial charge in [-0.15, -0.1) is 0 Å². The van der Waals surface area contributed by atoms with E-state index in [4.69, 9.17) is 0 Å². The van der Waals surface area contributed by atoms with Crippen molar-refractivity contribution in [2.24, 2.45) is 0 Å². The number of aromatic amines is 1. The van der Waals surface area contributed by atoms with Crippen LogP contribution < -0.4 is 5.32 Å². The summed E-state index contributed by atoms with van der Waals surface area (Å²) in [6.07, 6.45) is 1.82. The number of benzene rings is 1. The van der Waals surface area contributed by atoms with Gasteiger partial charge in [-0.05, 0) is 18.2 Å². The Balaban J connectivity index is 0.000000845. The van der Waals surface area contributed by atoms with Gasteiger partial charge in [0.05, 0.1) is 5.69 Å². The summed E-state index contributed by atoms with van der Waals surface area (Å²) >= 11 is 0. The summed E-state index contributed by atoms with van der Waals surface area (Å²) in [5.41, 5.74) is 1.87. The molecule has 0 aliphatic carbocycles. The summed E-state index contributed by atoms with van der Waals surface area (Å²) < 4.78 is 12.8. The van der Waals surface area contributed by atoms with Crippen LogP contribution in [0.15, 0.2) is 24.4 Å². The van der Waals surface area contributed by atoms with Gasteiger partial charge in [-0.25, -0.2) is 4.39 Å². The van der Waals surface area contributed by atoms with E-state index in [0.29, 0.717) is 0 Å². The van der Waals surface area contributed by atoms with Gasteiger partial charge in [0.15, 0.2) is 0 Å². The monoisotopic (exact) mass is 242 g/mol. The topological polar surface area (TPSA) is 27.8 Å². The van der Waals surface area contributed by atoms with Crippen molar-refractivity contribution in [3.63, 3.8) is 0 Å². The van der Waals surface area contributed by atoms with Crippen molar-refractivity contribution in [1.29, 1.82) is 0 Å². The number of hydrogen-bond donors (Lipinski definition) is 2. The van der Waals surface area contributed by atoms with E-state index in [1.165, 1.54) is 12.1 Å². The molecule has 0 unspecified atom stereocenters. The average molecular weight is 241 g/mol. The first-order valence-corrected chi connectivity index (χ1v) is 3.75. The molecule has 0 aliphatic heterocycles. The van der Waals surface area contributed by atoms with Gasteiger partial charge < -0.3 is 10.3 Å². The minimum atomic E-state index is -0.210. The fourth-order valence-electron chi connectivity index (χ4n) is 1.30. The molecule has 0 saturated carbocycles. The summed E-state index contributed by atoms with van der Waals surface area (Å²) in [5.74, 6) is -0.210. The number of rotatable bonds is 1. The van der Waals surface area contributed by atoms with Crippen molar-refractivity contribution in [3.8, 4) is 0 Å². The number of halogens is 1. The number of nitrogens with one attached hydrogen (secondary N) is 2. The van der Waals surface area contributed by atoms with Crippen molar-refractivity contribution in [2.75, 3.05) is 12.4 Å². The Morgan fingerprint density at radius 1 is 1.38 bits per heavy atom. The van der Waals surface area contributed by atoms with Crippen LogP contribution in [0.4, 0.5) is 10.1 Å². The Labute approximate surface area is 86.5 Å². The van der Waals surface area contributed by atoms with Gasteiger partial charge in [0.2, 0.25) is 0 Å². The van der Waals surface area contributed by atoms with Crippen molar-refractivity contribution in [1.82, 2.24) is 4.98 Å². The Kier molecular flexibility index (Phi) is 2.98. The standard InChI is InChI=1S/C9H9FN2.GeH4/c1-11-9-5-12-8-3-2-6(10)4-7(8)9;/h2-5,11-12H,1H3;1H4. The van der Waals surface area contributed by atoms with Crippen molar-refractivity contribution < 1.29 is 4.39 Å². The zero-order chi connectivity index (χ0) is 8.55. The van der Waals surface area contributed by atoms with Crippen LogP contribution in [0.2, 0.25) is 0 Å². The molecule has 2 nitrogen and oxygen atoms in total. The normalized spacial score (nSPS) is 9.69. The third-order valence-corrected chi connectivity index (χ3v) is 1.91. The van der Waals surface area contributed by atoms with E-state index in [1.54, 1.807) is 6.07 Å². The van der Waals surface area contributed by atoms with Gasteiger partial charge in [-0.2, -0.15) is 0 Å². The van der Waals surface area contributed by atoms with Crippen LogP contribution in [-0.4, -0.2) is 29.6 Å². The van der Waals surface area contributed by atoms with Crippen molar-refractivity contribution in [3.05, 3.63) is 30.2 Å². The first-order chi connectivity index (χ1) is 5.81. The predicted octanol–water partition coefficient (Wildman–Crippen LogP) is 0.897. The van der Waals surface area contributed by atoms with Crippen LogP contribution in [-0.2, 0) is 0 Å². The van der Waals surface area contributed by atoms with Crippen LogP contribution in [0.25, 0.3) is 10.9 Å². The molecule has 0 aliphatic rings. The summed E-state index contributed by atoms with van der Waals surface area (Å²) in [6.45, 7) is 0. The number of aromatic nitrogens is 1. The molecule has 0 atom stereocenters. The van der Waals surface area contributed by atoms with Gasteiger partial charge in [-0.1, -0.05) is 0 Å². The van der Waals surface area contributed by atoms with Gasteiger partial charge in [0, 0.05) is 24.1 Å². The van der Waals surface area contributed by atoms with Crippen LogP contribution in [0.3, 0.4) is 0 Å². The second-order valence-corrected chi connectivity index (χ2v) is 2.64. The molecule has 2 rings (SSSR count). The van der Waals surface area contributed by atoms with Gasteiger partial charge in [0.25, 0.3) is 0 Å². The Hall–Kier alpha value is -0.967. The van der Waals surface area contributed by atoms with Crippen LogP contribution in [0.5, 0.6) is 0 Å². The number of fused-ring (bicyclic) bond motifs is 1. The van der Waals surface area contributed by atoms with E-state index in [1.807, 2.05) is 13.2 Å². The molecular weight excluding hydrogens is 228 g/mol. The quantitative estimate of drug-likeness (QED) is 0.713. The number of anilines is 1.